The van der Waals surface area contributed by atoms with E-state index in [0.29, 0.717) is 11.3 Å². The summed E-state index contributed by atoms with van der Waals surface area (Å²) in [4.78, 5) is 8.06. The molecular weight excluding hydrogens is 338 g/mol. The average Bonchev–Trinajstić information content (AvgIpc) is 3.42. The summed E-state index contributed by atoms with van der Waals surface area (Å²) in [6, 6.07) is 6.70. The third-order valence-corrected chi connectivity index (χ3v) is 6.04. The molecule has 0 amide bonds. The Hall–Kier alpha value is -2.51. The van der Waals surface area contributed by atoms with Gasteiger partial charge in [0.25, 0.3) is 10.0 Å². The third kappa shape index (κ3) is 2.75. The number of pyridine rings is 2. The van der Waals surface area contributed by atoms with Crippen molar-refractivity contribution in [1.29, 1.82) is 0 Å². The maximum absolute atomic E-state index is 13.2. The first-order chi connectivity index (χ1) is 12.1. The summed E-state index contributed by atoms with van der Waals surface area (Å²) in [5.74, 6) is 0.288. The van der Waals surface area contributed by atoms with Gasteiger partial charge < -0.3 is 5.11 Å². The summed E-state index contributed by atoms with van der Waals surface area (Å²) in [7, 11) is -3.81. The molecule has 0 aromatic carbocycles. The molecule has 0 atom stereocenters. The van der Waals surface area contributed by atoms with Gasteiger partial charge in [-0.05, 0) is 48.6 Å². The maximum Gasteiger partial charge on any atom is 0.269 e. The lowest BCUT2D eigenvalue weighted by atomic mass is 10.0. The van der Waals surface area contributed by atoms with Crippen molar-refractivity contribution in [3.63, 3.8) is 0 Å². The van der Waals surface area contributed by atoms with Gasteiger partial charge in [0.2, 0.25) is 0 Å². The molecule has 0 saturated heterocycles. The molecule has 1 aliphatic carbocycles. The Bertz CT molecular complexity index is 995. The fourth-order valence-corrected chi connectivity index (χ4v) is 4.48. The number of aromatic nitrogens is 3. The van der Waals surface area contributed by atoms with Crippen molar-refractivity contribution in [3.8, 4) is 11.3 Å². The van der Waals surface area contributed by atoms with Crippen LogP contribution >= 0.6 is 0 Å². The number of nitrogens with zero attached hydrogens (tertiary/aromatic N) is 3. The van der Waals surface area contributed by atoms with Gasteiger partial charge in [-0.3, -0.25) is 9.97 Å². The summed E-state index contributed by atoms with van der Waals surface area (Å²) >= 11 is 0. The number of aliphatic hydroxyl groups excluding tert-OH is 1. The predicted molar refractivity (Wildman–Crippen MR) is 92.4 cm³/mol. The lowest BCUT2D eigenvalue weighted by Gasteiger charge is -2.12. The molecule has 0 unspecified atom stereocenters. The molecule has 0 bridgehead atoms. The predicted octanol–water partition coefficient (Wildman–Crippen LogP) is 2.55. The van der Waals surface area contributed by atoms with Gasteiger partial charge in [0.1, 0.15) is 4.90 Å². The zero-order chi connectivity index (χ0) is 17.4. The highest BCUT2D eigenvalue weighted by Crippen LogP contribution is 2.47. The first-order valence-corrected chi connectivity index (χ1v) is 9.48. The van der Waals surface area contributed by atoms with Crippen LogP contribution in [0.25, 0.3) is 11.3 Å². The molecule has 3 heterocycles. The van der Waals surface area contributed by atoms with E-state index in [1.807, 2.05) is 0 Å². The SMILES string of the molecule is O=S(=O)(c1cccnc1)n1cc(CO)c(C2CC2)c1-c1ccncc1. The number of aliphatic hydroxyl groups is 1. The van der Waals surface area contributed by atoms with E-state index in [4.69, 9.17) is 0 Å². The Morgan fingerprint density at radius 3 is 2.48 bits per heavy atom. The van der Waals surface area contributed by atoms with Crippen LogP contribution in [-0.2, 0) is 16.6 Å². The van der Waals surface area contributed by atoms with Crippen molar-refractivity contribution in [2.75, 3.05) is 0 Å². The van der Waals surface area contributed by atoms with Crippen LogP contribution in [-0.4, -0.2) is 27.5 Å². The van der Waals surface area contributed by atoms with Crippen LogP contribution in [0.3, 0.4) is 0 Å². The van der Waals surface area contributed by atoms with Crippen LogP contribution in [0.4, 0.5) is 0 Å². The van der Waals surface area contributed by atoms with Gasteiger partial charge in [-0.1, -0.05) is 0 Å². The van der Waals surface area contributed by atoms with Crippen LogP contribution < -0.4 is 0 Å². The third-order valence-electron chi connectivity index (χ3n) is 4.40. The summed E-state index contributed by atoms with van der Waals surface area (Å²) < 4.78 is 27.6. The van der Waals surface area contributed by atoms with Crippen molar-refractivity contribution < 1.29 is 13.5 Å². The van der Waals surface area contributed by atoms with Crippen LogP contribution in [0.15, 0.2) is 60.1 Å². The van der Waals surface area contributed by atoms with Gasteiger partial charge >= 0.3 is 0 Å². The van der Waals surface area contributed by atoms with Gasteiger partial charge in [0, 0.05) is 42.1 Å². The summed E-state index contributed by atoms with van der Waals surface area (Å²) in [5.41, 5.74) is 2.95. The standard InChI is InChI=1S/C18H17N3O3S/c22-12-15-11-21(25(23,24)16-2-1-7-20-10-16)18(17(15)13-3-4-13)14-5-8-19-9-6-14/h1-2,5-11,13,22H,3-4,12H2. The molecule has 1 N–H and O–H groups in total. The van der Waals surface area contributed by atoms with Crippen LogP contribution in [0.2, 0.25) is 0 Å². The molecule has 0 spiro atoms. The summed E-state index contributed by atoms with van der Waals surface area (Å²) in [5, 5.41) is 9.78. The summed E-state index contributed by atoms with van der Waals surface area (Å²) in [6.07, 6.45) is 9.68. The Labute approximate surface area is 145 Å². The van der Waals surface area contributed by atoms with Crippen LogP contribution in [0.5, 0.6) is 0 Å². The Balaban J connectivity index is 2.00. The van der Waals surface area contributed by atoms with E-state index in [1.54, 1.807) is 30.6 Å². The van der Waals surface area contributed by atoms with Gasteiger partial charge in [-0.2, -0.15) is 0 Å². The fourth-order valence-electron chi connectivity index (χ4n) is 3.10. The first-order valence-electron chi connectivity index (χ1n) is 8.04. The van der Waals surface area contributed by atoms with E-state index in [9.17, 15) is 13.5 Å². The van der Waals surface area contributed by atoms with Crippen molar-refractivity contribution in [2.24, 2.45) is 0 Å². The minimum absolute atomic E-state index is 0.118. The maximum atomic E-state index is 13.2. The number of rotatable bonds is 5. The molecular formula is C18H17N3O3S. The molecule has 0 radical (unpaired) electrons. The molecule has 1 fully saturated rings. The molecule has 1 saturated carbocycles. The zero-order valence-electron chi connectivity index (χ0n) is 13.4. The van der Waals surface area contributed by atoms with Crippen LogP contribution in [0, 0.1) is 0 Å². The van der Waals surface area contributed by atoms with Crippen molar-refractivity contribution in [1.82, 2.24) is 13.9 Å². The molecule has 3 aromatic heterocycles. The highest BCUT2D eigenvalue weighted by atomic mass is 32.2. The van der Waals surface area contributed by atoms with Gasteiger partial charge in [0.05, 0.1) is 12.3 Å². The van der Waals surface area contributed by atoms with Crippen molar-refractivity contribution in [2.45, 2.75) is 30.3 Å². The van der Waals surface area contributed by atoms with Gasteiger partial charge in [-0.25, -0.2) is 12.4 Å². The molecule has 128 valence electrons. The van der Waals surface area contributed by atoms with E-state index in [-0.39, 0.29) is 17.4 Å². The topological polar surface area (TPSA) is 85.1 Å². The second-order valence-electron chi connectivity index (χ2n) is 6.07. The normalized spacial score (nSPS) is 14.6. The Morgan fingerprint density at radius 2 is 1.88 bits per heavy atom. The smallest absolute Gasteiger partial charge is 0.269 e. The number of hydrogen-bond acceptors (Lipinski definition) is 5. The monoisotopic (exact) mass is 355 g/mol. The number of hydrogen-bond donors (Lipinski definition) is 1. The zero-order valence-corrected chi connectivity index (χ0v) is 14.2. The summed E-state index contributed by atoms with van der Waals surface area (Å²) in [6.45, 7) is -0.195. The minimum atomic E-state index is -3.81. The molecule has 4 rings (SSSR count). The van der Waals surface area contributed by atoms with E-state index in [0.717, 1.165) is 24.0 Å². The average molecular weight is 355 g/mol. The highest BCUT2D eigenvalue weighted by Gasteiger charge is 2.34. The molecule has 0 aliphatic heterocycles. The molecule has 3 aromatic rings. The van der Waals surface area contributed by atoms with E-state index in [1.165, 1.54) is 28.6 Å². The van der Waals surface area contributed by atoms with Crippen molar-refractivity contribution >= 4 is 10.0 Å². The van der Waals surface area contributed by atoms with E-state index < -0.39 is 10.0 Å². The van der Waals surface area contributed by atoms with E-state index in [2.05, 4.69) is 9.97 Å². The molecule has 1 aliphatic rings. The minimum Gasteiger partial charge on any atom is -0.392 e. The Morgan fingerprint density at radius 1 is 1.12 bits per heavy atom. The van der Waals surface area contributed by atoms with E-state index >= 15 is 0 Å². The molecule has 7 heteroatoms. The molecule has 6 nitrogen and oxygen atoms in total. The van der Waals surface area contributed by atoms with Crippen molar-refractivity contribution in [3.05, 3.63) is 66.4 Å². The lowest BCUT2D eigenvalue weighted by Crippen LogP contribution is -2.14. The second kappa shape index (κ2) is 6.09. The highest BCUT2D eigenvalue weighted by molar-refractivity contribution is 7.90. The fraction of sp³-hybridized carbons (Fsp3) is 0.222. The van der Waals surface area contributed by atoms with Gasteiger partial charge in [0.15, 0.2) is 0 Å². The second-order valence-corrected chi connectivity index (χ2v) is 7.89. The largest absolute Gasteiger partial charge is 0.392 e. The van der Waals surface area contributed by atoms with Gasteiger partial charge in [-0.15, -0.1) is 0 Å². The van der Waals surface area contributed by atoms with Crippen LogP contribution in [0.1, 0.15) is 29.9 Å². The Kier molecular flexibility index (Phi) is 3.89. The first kappa shape index (κ1) is 16.0. The lowest BCUT2D eigenvalue weighted by molar-refractivity contribution is 0.281. The quantitative estimate of drug-likeness (QED) is 0.760. The molecule has 25 heavy (non-hydrogen) atoms.